The van der Waals surface area contributed by atoms with Crippen molar-refractivity contribution < 1.29 is 15.0 Å². The Morgan fingerprint density at radius 3 is 1.13 bits per heavy atom. The van der Waals surface area contributed by atoms with E-state index < -0.39 is 12.1 Å². The zero-order valence-electron chi connectivity index (χ0n) is 40.3. The van der Waals surface area contributed by atoms with Gasteiger partial charge in [-0.15, -0.1) is 0 Å². The molecule has 0 rings (SSSR count). The van der Waals surface area contributed by atoms with E-state index in [9.17, 15) is 15.0 Å². The molecule has 4 nitrogen and oxygen atoms in total. The maximum absolute atomic E-state index is 12.4. The highest BCUT2D eigenvalue weighted by Gasteiger charge is 2.17. The summed E-state index contributed by atoms with van der Waals surface area (Å²) in [6.45, 7) is 4.16. The Hall–Kier alpha value is -3.21. The van der Waals surface area contributed by atoms with Crippen LogP contribution in [0.4, 0.5) is 0 Å². The molecule has 0 heterocycles. The second-order valence-electron chi connectivity index (χ2n) is 16.8. The van der Waals surface area contributed by atoms with Crippen LogP contribution in [0.5, 0.6) is 0 Å². The van der Waals surface area contributed by atoms with Crippen molar-refractivity contribution in [1.82, 2.24) is 5.32 Å². The van der Waals surface area contributed by atoms with Crippen molar-refractivity contribution in [1.29, 1.82) is 0 Å². The summed E-state index contributed by atoms with van der Waals surface area (Å²) < 4.78 is 0. The third-order valence-corrected chi connectivity index (χ3v) is 10.9. The second-order valence-corrected chi connectivity index (χ2v) is 16.8. The van der Waals surface area contributed by atoms with Crippen LogP contribution in [0.15, 0.2) is 122 Å². The first-order valence-electron chi connectivity index (χ1n) is 25.7. The van der Waals surface area contributed by atoms with Gasteiger partial charge in [-0.2, -0.15) is 0 Å². The van der Waals surface area contributed by atoms with Crippen molar-refractivity contribution >= 4 is 5.91 Å². The fourth-order valence-electron chi connectivity index (χ4n) is 7.03. The number of allylic oxidation sites excluding steroid dienone is 19. The van der Waals surface area contributed by atoms with Crippen LogP contribution in [0.25, 0.3) is 0 Å². The number of hydrogen-bond donors (Lipinski definition) is 3. The fraction of sp³-hybridized carbons (Fsp3) is 0.638. The summed E-state index contributed by atoms with van der Waals surface area (Å²) in [6, 6.07) is -0.646. The Labute approximate surface area is 384 Å². The van der Waals surface area contributed by atoms with Crippen LogP contribution in [0.3, 0.4) is 0 Å². The number of hydrogen-bond acceptors (Lipinski definition) is 3. The summed E-state index contributed by atoms with van der Waals surface area (Å²) in [5, 5.41) is 23.0. The number of nitrogens with one attached hydrogen (secondary N) is 1. The molecule has 0 aromatic carbocycles. The number of carbonyl (C=O) groups is 1. The predicted molar refractivity (Wildman–Crippen MR) is 276 cm³/mol. The Balaban J connectivity index is 3.60. The van der Waals surface area contributed by atoms with Gasteiger partial charge in [-0.25, -0.2) is 0 Å². The van der Waals surface area contributed by atoms with Gasteiger partial charge in [0.2, 0.25) is 5.91 Å². The molecule has 0 aliphatic rings. The van der Waals surface area contributed by atoms with E-state index >= 15 is 0 Å². The van der Waals surface area contributed by atoms with Crippen molar-refractivity contribution in [2.45, 2.75) is 231 Å². The summed E-state index contributed by atoms with van der Waals surface area (Å²) in [4.78, 5) is 12.4. The maximum atomic E-state index is 12.4. The first-order chi connectivity index (χ1) is 30.7. The molecule has 0 aromatic rings. The average molecular weight is 856 g/mol. The van der Waals surface area contributed by atoms with Crippen molar-refractivity contribution in [2.24, 2.45) is 0 Å². The van der Waals surface area contributed by atoms with Crippen molar-refractivity contribution in [3.63, 3.8) is 0 Å². The Kier molecular flexibility index (Phi) is 49.4. The van der Waals surface area contributed by atoms with Crippen LogP contribution in [0, 0.1) is 0 Å². The second kappa shape index (κ2) is 52.1. The molecule has 2 unspecified atom stereocenters. The molecule has 62 heavy (non-hydrogen) atoms. The van der Waals surface area contributed by atoms with E-state index in [-0.39, 0.29) is 12.5 Å². The van der Waals surface area contributed by atoms with E-state index in [1.54, 1.807) is 6.08 Å². The molecule has 2 atom stereocenters. The quantitative estimate of drug-likeness (QED) is 0.0422. The Morgan fingerprint density at radius 2 is 0.726 bits per heavy atom. The minimum atomic E-state index is -0.869. The maximum Gasteiger partial charge on any atom is 0.220 e. The van der Waals surface area contributed by atoms with Gasteiger partial charge in [-0.1, -0.05) is 238 Å². The van der Waals surface area contributed by atoms with E-state index in [4.69, 9.17) is 0 Å². The van der Waals surface area contributed by atoms with E-state index in [1.165, 1.54) is 116 Å². The van der Waals surface area contributed by atoms with Crippen LogP contribution in [0.2, 0.25) is 0 Å². The molecular weight excluding hydrogens is 759 g/mol. The van der Waals surface area contributed by atoms with Gasteiger partial charge in [0.1, 0.15) is 0 Å². The lowest BCUT2D eigenvalue weighted by Crippen LogP contribution is -2.45. The molecule has 0 saturated carbocycles. The molecule has 3 N–H and O–H groups in total. The van der Waals surface area contributed by atoms with Gasteiger partial charge in [-0.3, -0.25) is 4.79 Å². The molecular formula is C58H97NO3. The molecule has 0 aliphatic carbocycles. The van der Waals surface area contributed by atoms with E-state index in [2.05, 4.69) is 129 Å². The third-order valence-electron chi connectivity index (χ3n) is 10.9. The zero-order chi connectivity index (χ0) is 44.9. The molecule has 0 spiro atoms. The van der Waals surface area contributed by atoms with Crippen molar-refractivity contribution in [3.8, 4) is 0 Å². The van der Waals surface area contributed by atoms with Crippen LogP contribution < -0.4 is 5.32 Å². The first kappa shape index (κ1) is 58.8. The molecule has 352 valence electrons. The minimum Gasteiger partial charge on any atom is -0.394 e. The van der Waals surface area contributed by atoms with Gasteiger partial charge in [0, 0.05) is 6.42 Å². The lowest BCUT2D eigenvalue weighted by Gasteiger charge is -2.19. The van der Waals surface area contributed by atoms with Crippen LogP contribution in [0.1, 0.15) is 219 Å². The molecule has 0 radical (unpaired) electrons. The third kappa shape index (κ3) is 47.8. The lowest BCUT2D eigenvalue weighted by atomic mass is 10.0. The van der Waals surface area contributed by atoms with Crippen molar-refractivity contribution in [2.75, 3.05) is 6.61 Å². The number of rotatable bonds is 45. The highest BCUT2D eigenvalue weighted by atomic mass is 16.3. The number of aliphatic hydroxyl groups is 2. The van der Waals surface area contributed by atoms with Crippen molar-refractivity contribution in [3.05, 3.63) is 122 Å². The molecule has 0 saturated heterocycles. The van der Waals surface area contributed by atoms with Gasteiger partial charge in [0.05, 0.1) is 18.8 Å². The van der Waals surface area contributed by atoms with Crippen LogP contribution in [-0.2, 0) is 4.79 Å². The lowest BCUT2D eigenvalue weighted by molar-refractivity contribution is -0.123. The largest absolute Gasteiger partial charge is 0.394 e. The SMILES string of the molecule is CC/C=C\C/C=C\C/C=C\C/C=C\C/C=C\C/C=C\C/C=C\C/C=C\CCCCCCCCCCCCCCC(=O)NC(CO)C(O)/C=C/CC/C=C/CCCCCCCCC. The van der Waals surface area contributed by atoms with E-state index in [0.29, 0.717) is 6.42 Å². The molecule has 0 aliphatic heterocycles. The molecule has 0 bridgehead atoms. The van der Waals surface area contributed by atoms with Crippen LogP contribution in [-0.4, -0.2) is 34.9 Å². The monoisotopic (exact) mass is 856 g/mol. The predicted octanol–water partition coefficient (Wildman–Crippen LogP) is 16.9. The number of unbranched alkanes of at least 4 members (excludes halogenated alkanes) is 20. The summed E-state index contributed by atoms with van der Waals surface area (Å²) in [5.41, 5.74) is 0. The highest BCUT2D eigenvalue weighted by molar-refractivity contribution is 5.76. The summed E-state index contributed by atoms with van der Waals surface area (Å²) in [7, 11) is 0. The average Bonchev–Trinajstić information content (AvgIpc) is 3.28. The van der Waals surface area contributed by atoms with Crippen LogP contribution >= 0.6 is 0 Å². The summed E-state index contributed by atoms with van der Waals surface area (Å²) >= 11 is 0. The Morgan fingerprint density at radius 1 is 0.403 bits per heavy atom. The van der Waals surface area contributed by atoms with Gasteiger partial charge in [-0.05, 0) is 96.3 Å². The van der Waals surface area contributed by atoms with Gasteiger partial charge in [0.25, 0.3) is 0 Å². The number of amides is 1. The molecule has 4 heteroatoms. The Bertz CT molecular complexity index is 1240. The molecule has 0 fully saturated rings. The van der Waals surface area contributed by atoms with E-state index in [0.717, 1.165) is 83.5 Å². The number of carbonyl (C=O) groups excluding carboxylic acids is 1. The van der Waals surface area contributed by atoms with Gasteiger partial charge < -0.3 is 15.5 Å². The number of aliphatic hydroxyl groups excluding tert-OH is 2. The highest BCUT2D eigenvalue weighted by Crippen LogP contribution is 2.14. The normalized spacial score (nSPS) is 13.9. The first-order valence-corrected chi connectivity index (χ1v) is 25.7. The van der Waals surface area contributed by atoms with Gasteiger partial charge >= 0.3 is 0 Å². The minimum absolute atomic E-state index is 0.0821. The zero-order valence-corrected chi connectivity index (χ0v) is 40.3. The topological polar surface area (TPSA) is 69.6 Å². The smallest absolute Gasteiger partial charge is 0.220 e. The summed E-state index contributed by atoms with van der Waals surface area (Å²) in [6.07, 6.45) is 80.5. The van der Waals surface area contributed by atoms with E-state index in [1.807, 2.05) is 6.08 Å². The standard InChI is InChI=1S/C58H97NO3/c1-3-5-7-9-11-13-15-17-18-19-20-21-22-23-24-25-26-27-28-29-30-31-32-33-34-35-36-37-38-39-40-42-44-46-48-50-52-54-58(62)59-56(55-60)57(61)53-51-49-47-45-43-41-16-14-12-10-8-6-4-2/h5,7,11,13,17-18,20-21,23-24,26-27,29-30,32-33,43,45,51,53,56-57,60-61H,3-4,6,8-10,12,14-16,19,22,25,28,31,34-42,44,46-50,52,54-55H2,1-2H3,(H,59,62)/b7-5-,13-11-,18-17-,21-20-,24-23-,27-26-,30-29-,33-32-,45-43+,53-51+. The van der Waals surface area contributed by atoms with Gasteiger partial charge in [0.15, 0.2) is 0 Å². The fourth-order valence-corrected chi connectivity index (χ4v) is 7.03. The molecule has 0 aromatic heterocycles. The summed E-state index contributed by atoms with van der Waals surface area (Å²) in [5.74, 6) is -0.0821. The molecule has 1 amide bonds.